The van der Waals surface area contributed by atoms with Crippen LogP contribution in [0.15, 0.2) is 78.3 Å². The molecule has 1 unspecified atom stereocenters. The number of imide groups is 1. The maximum atomic E-state index is 14.9. The molecule has 0 spiro atoms. The highest BCUT2D eigenvalue weighted by molar-refractivity contribution is 7.09. The predicted molar refractivity (Wildman–Crippen MR) is 365 cm³/mol. The molecule has 6 N–H and O–H groups in total. The number of rotatable bonds is 40. The van der Waals surface area contributed by atoms with E-state index in [2.05, 4.69) is 38.4 Å². The van der Waals surface area contributed by atoms with E-state index in [-0.39, 0.29) is 129 Å². The van der Waals surface area contributed by atoms with Gasteiger partial charge in [0.1, 0.15) is 12.4 Å². The largest absolute Gasteiger partial charge is 0.445 e. The number of Topliss-reactive ketones (excluding diaryl/α,β-unsaturated/α-hetero) is 3. The Morgan fingerprint density at radius 2 is 1.47 bits per heavy atom. The van der Waals surface area contributed by atoms with E-state index >= 15 is 0 Å². The molecule has 1 saturated carbocycles. The van der Waals surface area contributed by atoms with Crippen molar-refractivity contribution in [3.05, 3.63) is 94.5 Å². The number of benzene rings is 2. The Morgan fingerprint density at radius 1 is 0.781 bits per heavy atom. The number of ether oxygens (including phenoxy) is 3. The Bertz CT molecular complexity index is 3120. The van der Waals surface area contributed by atoms with Gasteiger partial charge in [-0.05, 0) is 113 Å². The minimum atomic E-state index is -1.46. The Morgan fingerprint density at radius 3 is 2.08 bits per heavy atom. The summed E-state index contributed by atoms with van der Waals surface area (Å²) in [7, 11) is 4.89. The summed E-state index contributed by atoms with van der Waals surface area (Å²) in [6.45, 7) is 13.0. The summed E-state index contributed by atoms with van der Waals surface area (Å²) in [4.78, 5) is 157. The zero-order valence-corrected chi connectivity index (χ0v) is 58.6. The van der Waals surface area contributed by atoms with Crippen molar-refractivity contribution in [1.29, 1.82) is 0 Å². The molecule has 0 radical (unpaired) electrons. The summed E-state index contributed by atoms with van der Waals surface area (Å²) in [6.07, 6.45) is 9.84. The molecule has 23 nitrogen and oxygen atoms in total. The van der Waals surface area contributed by atoms with Crippen LogP contribution in [0, 0.1) is 35.5 Å². The lowest BCUT2D eigenvalue weighted by molar-refractivity contribution is -0.149. The number of likely N-dealkylation sites (tertiary alicyclic amines) is 1. The number of anilines is 1. The third-order valence-electron chi connectivity index (χ3n) is 19.2. The van der Waals surface area contributed by atoms with Crippen molar-refractivity contribution in [3.8, 4) is 0 Å². The number of aromatic nitrogens is 1. The Kier molecular flexibility index (Phi) is 30.4. The second kappa shape index (κ2) is 37.7. The summed E-state index contributed by atoms with van der Waals surface area (Å²) in [5.74, 6) is -5.48. The number of primary amides is 1. The van der Waals surface area contributed by atoms with Crippen LogP contribution in [0.4, 0.5) is 15.3 Å². The van der Waals surface area contributed by atoms with Gasteiger partial charge in [0, 0.05) is 120 Å². The van der Waals surface area contributed by atoms with Gasteiger partial charge in [0.25, 0.3) is 11.8 Å². The number of methoxy groups -OCH3 is 2. The van der Waals surface area contributed by atoms with E-state index in [1.807, 2.05) is 49.3 Å². The van der Waals surface area contributed by atoms with Crippen LogP contribution in [-0.4, -0.2) is 161 Å². The monoisotopic (exact) mass is 1350 g/mol. The normalized spacial score (nSPS) is 17.5. The van der Waals surface area contributed by atoms with Gasteiger partial charge in [-0.2, -0.15) is 0 Å². The van der Waals surface area contributed by atoms with Crippen LogP contribution in [0.5, 0.6) is 0 Å². The van der Waals surface area contributed by atoms with Gasteiger partial charge in [-0.3, -0.25) is 48.1 Å². The van der Waals surface area contributed by atoms with Gasteiger partial charge in [-0.25, -0.2) is 14.6 Å². The first-order chi connectivity index (χ1) is 45.7. The van der Waals surface area contributed by atoms with Crippen LogP contribution in [0.1, 0.15) is 173 Å². The molecule has 9 atom stereocenters. The third-order valence-corrected chi connectivity index (χ3v) is 20.1. The fraction of sp³-hybridized carbons (Fsp3) is 0.611. The Hall–Kier alpha value is -7.70. The number of hydrogen-bond donors (Lipinski definition) is 5. The topological polar surface area (TPSA) is 312 Å². The number of carbonyl (C=O) groups excluding carboxylic acids is 11. The lowest BCUT2D eigenvalue weighted by Crippen LogP contribution is -2.55. The average Bonchev–Trinajstić information content (AvgIpc) is 1.45. The first kappa shape index (κ1) is 77.3. The molecule has 6 rings (SSSR count). The van der Waals surface area contributed by atoms with Crippen LogP contribution in [0.3, 0.4) is 0 Å². The molecule has 1 aromatic heterocycles. The second-order valence-electron chi connectivity index (χ2n) is 27.2. The SMILES string of the molecule is CO[C@H]([C@@H](C)C(=O)C[C@@H](Cc1ccccc1)c1nccs1)[C@@H]1CCCN1C(=O)C[C@@H](OC)[C@H](C1CCCC1)N(C)C(=O)[C@@H](CC(=O)C(C)(C)NC(=O)OCc1ccc(NC(=O)C(CCCNC(N)=O)CC(=O)[C@@H](NC(=O)CCCCCN2C(=O)C=CC2=O)C(C)C)cc1)C(C)C. The third kappa shape index (κ3) is 22.7. The van der Waals surface area contributed by atoms with Crippen molar-refractivity contribution < 1.29 is 67.0 Å². The molecular weight excluding hydrogens is 1250 g/mol. The number of likely N-dealkylation sites (N-methyl/N-ethyl adjacent to an activating group) is 1. The number of amides is 9. The maximum absolute atomic E-state index is 14.9. The highest BCUT2D eigenvalue weighted by Gasteiger charge is 2.45. The van der Waals surface area contributed by atoms with Crippen molar-refractivity contribution in [2.75, 3.05) is 46.2 Å². The van der Waals surface area contributed by atoms with Crippen molar-refractivity contribution in [1.82, 2.24) is 35.6 Å². The number of carbonyl (C=O) groups is 11. The van der Waals surface area contributed by atoms with Crippen LogP contribution in [0.25, 0.3) is 0 Å². The molecule has 3 aliphatic rings. The highest BCUT2D eigenvalue weighted by atomic mass is 32.1. The molecule has 2 fully saturated rings. The van der Waals surface area contributed by atoms with Crippen LogP contribution in [0.2, 0.25) is 0 Å². The fourth-order valence-corrected chi connectivity index (χ4v) is 14.3. The predicted octanol–water partition coefficient (Wildman–Crippen LogP) is 9.02. The molecule has 24 heteroatoms. The highest BCUT2D eigenvalue weighted by Crippen LogP contribution is 2.37. The van der Waals surface area contributed by atoms with Gasteiger partial charge >= 0.3 is 12.1 Å². The lowest BCUT2D eigenvalue weighted by Gasteiger charge is -2.41. The number of nitrogens with one attached hydrogen (secondary N) is 4. The van der Waals surface area contributed by atoms with Crippen molar-refractivity contribution >= 4 is 81.9 Å². The molecular formula is C72H103N9O14S. The van der Waals surface area contributed by atoms with Gasteiger partial charge in [0.15, 0.2) is 11.6 Å². The van der Waals surface area contributed by atoms with E-state index < -0.39 is 71.4 Å². The summed E-state index contributed by atoms with van der Waals surface area (Å²) in [5, 5.41) is 13.7. The van der Waals surface area contributed by atoms with E-state index in [0.717, 1.165) is 47.6 Å². The zero-order valence-electron chi connectivity index (χ0n) is 57.8. The number of nitrogens with zero attached hydrogens (tertiary/aromatic N) is 4. The molecule has 9 amide bonds. The number of urea groups is 1. The van der Waals surface area contributed by atoms with Crippen molar-refractivity contribution in [3.63, 3.8) is 0 Å². The number of hydrogen-bond acceptors (Lipinski definition) is 16. The van der Waals surface area contributed by atoms with E-state index in [0.29, 0.717) is 56.3 Å². The number of alkyl carbamates (subject to hydrolysis) is 1. The van der Waals surface area contributed by atoms with Crippen LogP contribution in [-0.2, 0) is 70.4 Å². The van der Waals surface area contributed by atoms with Crippen LogP contribution >= 0.6 is 11.3 Å². The van der Waals surface area contributed by atoms with Gasteiger partial charge in [0.2, 0.25) is 23.6 Å². The molecule has 96 heavy (non-hydrogen) atoms. The number of unbranched alkanes of at least 4 members (excludes halogenated alkanes) is 2. The van der Waals surface area contributed by atoms with Crippen LogP contribution < -0.4 is 27.0 Å². The molecule has 3 aromatic rings. The van der Waals surface area contributed by atoms with E-state index in [1.54, 1.807) is 84.3 Å². The van der Waals surface area contributed by atoms with E-state index in [9.17, 15) is 52.7 Å². The number of thiazole rings is 1. The minimum Gasteiger partial charge on any atom is -0.445 e. The molecule has 2 aliphatic heterocycles. The standard InChI is InChI=1S/C72H103N9O14S/c1-45(2)54(69(90)79(8)65(50-23-16-17-24-50)58(93-9)43-63(88)80-37-20-26-55(80)66(94-10)47(5)56(82)41-52(68-74-35-38-96-68)39-48-21-13-11-14-22-48)42-59(84)72(6,7)78-71(92)95-44-49-28-30-53(31-29-49)76-67(89)51(25-19-34-75-70(73)91)40-57(83)64(46(3)4)77-60(85)27-15-12-18-36-81-61(86)32-33-62(81)87/h11,13-14,21-22,28-33,35,38,45-47,50-52,54-55,58,64-66H,12,15-20,23-27,34,36-37,39-44H2,1-10H3,(H,76,89)(H,77,85)(H,78,92)(H3,73,75,91)/t47-,51?,52+,54-,55-,58+,64-,65-,66+/m0/s1. The molecule has 3 heterocycles. The first-order valence-electron chi connectivity index (χ1n) is 34.1. The molecule has 0 bridgehead atoms. The van der Waals surface area contributed by atoms with E-state index in [1.165, 1.54) is 23.5 Å². The zero-order chi connectivity index (χ0) is 70.2. The fourth-order valence-electron chi connectivity index (χ4n) is 13.5. The van der Waals surface area contributed by atoms with Crippen molar-refractivity contribution in [2.24, 2.45) is 41.2 Å². The Balaban J connectivity index is 1.01. The van der Waals surface area contributed by atoms with Gasteiger partial charge < -0.3 is 51.0 Å². The quantitative estimate of drug-likeness (QED) is 0.0262. The van der Waals surface area contributed by atoms with Crippen molar-refractivity contribution in [2.45, 2.75) is 206 Å². The molecule has 1 saturated heterocycles. The first-order valence-corrected chi connectivity index (χ1v) is 35.0. The average molecular weight is 1350 g/mol. The summed E-state index contributed by atoms with van der Waals surface area (Å²) < 4.78 is 17.9. The summed E-state index contributed by atoms with van der Waals surface area (Å²) in [5.41, 5.74) is 5.85. The number of ketones is 3. The Labute approximate surface area is 569 Å². The minimum absolute atomic E-state index is 0.00669. The molecule has 2 aromatic carbocycles. The smallest absolute Gasteiger partial charge is 0.408 e. The molecule has 526 valence electrons. The summed E-state index contributed by atoms with van der Waals surface area (Å²) >= 11 is 1.54. The summed E-state index contributed by atoms with van der Waals surface area (Å²) in [6, 6.07) is 14.1. The van der Waals surface area contributed by atoms with Gasteiger partial charge in [0.05, 0.1) is 47.3 Å². The van der Waals surface area contributed by atoms with Gasteiger partial charge in [-0.1, -0.05) is 96.3 Å². The lowest BCUT2D eigenvalue weighted by atomic mass is 9.82. The van der Waals surface area contributed by atoms with Gasteiger partial charge in [-0.15, -0.1) is 11.3 Å². The number of nitrogens with two attached hydrogens (primary N) is 1. The maximum Gasteiger partial charge on any atom is 0.408 e. The molecule has 1 aliphatic carbocycles. The van der Waals surface area contributed by atoms with E-state index in [4.69, 9.17) is 19.9 Å². The second-order valence-corrected chi connectivity index (χ2v) is 28.2.